The van der Waals surface area contributed by atoms with Crippen molar-refractivity contribution >= 4 is 54.4 Å². The Balaban J connectivity index is 1.85. The van der Waals surface area contributed by atoms with Gasteiger partial charge in [0.15, 0.2) is 0 Å². The summed E-state index contributed by atoms with van der Waals surface area (Å²) >= 11 is 7.12. The Morgan fingerprint density at radius 3 is 2.65 bits per heavy atom. The molecule has 0 unspecified atom stereocenters. The number of rotatable bonds is 3. The van der Waals surface area contributed by atoms with E-state index in [0.29, 0.717) is 6.73 Å². The molecule has 0 radical (unpaired) electrons. The molecule has 0 saturated heterocycles. The average Bonchev–Trinajstić information content (AvgIpc) is 3.08. The van der Waals surface area contributed by atoms with Gasteiger partial charge >= 0.3 is 0 Å². The van der Waals surface area contributed by atoms with Gasteiger partial charge in [0, 0.05) is 33.6 Å². The Kier molecular flexibility index (Phi) is 3.92. The molecule has 1 aromatic heterocycles. The van der Waals surface area contributed by atoms with Crippen LogP contribution in [0.1, 0.15) is 16.8 Å². The molecule has 0 saturated carbocycles. The summed E-state index contributed by atoms with van der Waals surface area (Å²) in [5, 5.41) is 1.23. The minimum absolute atomic E-state index is 0.553. The molecule has 3 aromatic rings. The highest BCUT2D eigenvalue weighted by Crippen LogP contribution is 2.36. The molecule has 2 aromatic carbocycles. The first kappa shape index (κ1) is 15.2. The zero-order valence-corrected chi connectivity index (χ0v) is 15.8. The number of nitrogens with zero attached hydrogens (tertiary/aromatic N) is 1. The molecule has 2 nitrogen and oxygen atoms in total. The summed E-state index contributed by atoms with van der Waals surface area (Å²) in [6.07, 6.45) is 3.24. The molecular formula is C19H15Br2NO. The molecule has 0 spiro atoms. The predicted octanol–water partition coefficient (Wildman–Crippen LogP) is 5.87. The van der Waals surface area contributed by atoms with E-state index in [1.165, 1.54) is 33.3 Å². The maximum absolute atomic E-state index is 5.44. The second-order valence-electron chi connectivity index (χ2n) is 5.77. The van der Waals surface area contributed by atoms with E-state index >= 15 is 0 Å². The molecular weight excluding hydrogens is 418 g/mol. The molecule has 0 atom stereocenters. The topological polar surface area (TPSA) is 14.2 Å². The fraction of sp³-hybridized carbons (Fsp3) is 0.158. The number of methoxy groups -OCH3 is 1. The molecule has 1 aliphatic carbocycles. The Bertz CT molecular complexity index is 940. The lowest BCUT2D eigenvalue weighted by Gasteiger charge is -2.10. The first-order chi connectivity index (χ1) is 11.2. The van der Waals surface area contributed by atoms with E-state index in [4.69, 9.17) is 4.74 Å². The van der Waals surface area contributed by atoms with E-state index in [0.717, 1.165) is 15.4 Å². The Morgan fingerprint density at radius 1 is 1.04 bits per heavy atom. The second-order valence-corrected chi connectivity index (χ2v) is 7.60. The molecule has 0 fully saturated rings. The molecule has 116 valence electrons. The van der Waals surface area contributed by atoms with Gasteiger partial charge in [-0.2, -0.15) is 0 Å². The van der Waals surface area contributed by atoms with Crippen LogP contribution in [-0.4, -0.2) is 11.7 Å². The lowest BCUT2D eigenvalue weighted by Crippen LogP contribution is -2.04. The molecule has 0 aliphatic heterocycles. The van der Waals surface area contributed by atoms with Crippen LogP contribution < -0.4 is 0 Å². The Labute approximate surface area is 152 Å². The monoisotopic (exact) mass is 431 g/mol. The zero-order chi connectivity index (χ0) is 16.0. The first-order valence-electron chi connectivity index (χ1n) is 7.43. The Hall–Kier alpha value is -1.36. The van der Waals surface area contributed by atoms with Gasteiger partial charge in [-0.05, 0) is 59.2 Å². The number of fused-ring (bicyclic) bond motifs is 2. The summed E-state index contributed by atoms with van der Waals surface area (Å²) < 4.78 is 9.91. The summed E-state index contributed by atoms with van der Waals surface area (Å²) in [7, 11) is 1.74. The van der Waals surface area contributed by atoms with Crippen molar-refractivity contribution in [2.24, 2.45) is 0 Å². The van der Waals surface area contributed by atoms with Crippen molar-refractivity contribution in [3.05, 3.63) is 68.2 Å². The van der Waals surface area contributed by atoms with Crippen LogP contribution in [-0.2, 0) is 17.9 Å². The largest absolute Gasteiger partial charge is 0.364 e. The number of aromatic nitrogens is 1. The van der Waals surface area contributed by atoms with Crippen molar-refractivity contribution in [1.82, 2.24) is 4.57 Å². The van der Waals surface area contributed by atoms with Gasteiger partial charge in [-0.25, -0.2) is 0 Å². The number of ether oxygens (including phenoxy) is 1. The average molecular weight is 433 g/mol. The summed E-state index contributed by atoms with van der Waals surface area (Å²) in [6, 6.07) is 15.1. The SMILES string of the molecule is COCn1c(C2=Cc3ccc(Br)cc3C2)cc2cc(Br)ccc21. The van der Waals surface area contributed by atoms with Gasteiger partial charge in [-0.15, -0.1) is 0 Å². The third-order valence-electron chi connectivity index (χ3n) is 4.27. The molecule has 0 bridgehead atoms. The summed E-state index contributed by atoms with van der Waals surface area (Å²) in [5.74, 6) is 0. The van der Waals surface area contributed by atoms with Crippen molar-refractivity contribution in [3.8, 4) is 0 Å². The van der Waals surface area contributed by atoms with Gasteiger partial charge < -0.3 is 9.30 Å². The van der Waals surface area contributed by atoms with Crippen molar-refractivity contribution in [1.29, 1.82) is 0 Å². The zero-order valence-electron chi connectivity index (χ0n) is 12.6. The second kappa shape index (κ2) is 5.93. The molecule has 1 heterocycles. The van der Waals surface area contributed by atoms with Crippen LogP contribution in [0.4, 0.5) is 0 Å². The standard InChI is InChI=1S/C19H15Br2NO/c1-23-11-22-18-5-4-17(21)9-15(18)10-19(22)14-6-12-2-3-16(20)8-13(12)7-14/h2-6,8-10H,7,11H2,1H3. The molecule has 0 amide bonds. The smallest absolute Gasteiger partial charge is 0.123 e. The summed E-state index contributed by atoms with van der Waals surface area (Å²) in [4.78, 5) is 0. The van der Waals surface area contributed by atoms with Crippen LogP contribution in [0, 0.1) is 0 Å². The molecule has 23 heavy (non-hydrogen) atoms. The van der Waals surface area contributed by atoms with Gasteiger partial charge in [-0.3, -0.25) is 0 Å². The minimum Gasteiger partial charge on any atom is -0.364 e. The lowest BCUT2D eigenvalue weighted by molar-refractivity contribution is 0.134. The Morgan fingerprint density at radius 2 is 1.83 bits per heavy atom. The van der Waals surface area contributed by atoms with E-state index in [1.54, 1.807) is 7.11 Å². The van der Waals surface area contributed by atoms with Crippen LogP contribution in [0.15, 0.2) is 51.4 Å². The first-order valence-corrected chi connectivity index (χ1v) is 9.01. The number of halogens is 2. The van der Waals surface area contributed by atoms with Gasteiger partial charge in [0.25, 0.3) is 0 Å². The van der Waals surface area contributed by atoms with Crippen LogP contribution in [0.3, 0.4) is 0 Å². The maximum atomic E-state index is 5.44. The van der Waals surface area contributed by atoms with E-state index in [2.05, 4.69) is 85.0 Å². The summed E-state index contributed by atoms with van der Waals surface area (Å²) in [6.45, 7) is 0.553. The van der Waals surface area contributed by atoms with E-state index in [9.17, 15) is 0 Å². The van der Waals surface area contributed by atoms with E-state index < -0.39 is 0 Å². The number of benzene rings is 2. The van der Waals surface area contributed by atoms with Gasteiger partial charge in [0.1, 0.15) is 6.73 Å². The van der Waals surface area contributed by atoms with Gasteiger partial charge in [0.2, 0.25) is 0 Å². The fourth-order valence-electron chi connectivity index (χ4n) is 3.25. The van der Waals surface area contributed by atoms with Crippen molar-refractivity contribution in [3.63, 3.8) is 0 Å². The van der Waals surface area contributed by atoms with E-state index in [-0.39, 0.29) is 0 Å². The third-order valence-corrected chi connectivity index (χ3v) is 5.25. The predicted molar refractivity (Wildman–Crippen MR) is 102 cm³/mol. The molecule has 4 heteroatoms. The van der Waals surface area contributed by atoms with Crippen LogP contribution in [0.2, 0.25) is 0 Å². The quantitative estimate of drug-likeness (QED) is 0.505. The van der Waals surface area contributed by atoms with Crippen molar-refractivity contribution < 1.29 is 4.74 Å². The van der Waals surface area contributed by atoms with Crippen LogP contribution in [0.25, 0.3) is 22.6 Å². The summed E-state index contributed by atoms with van der Waals surface area (Å²) in [5.41, 5.74) is 6.43. The van der Waals surface area contributed by atoms with E-state index in [1.807, 2.05) is 0 Å². The minimum atomic E-state index is 0.553. The van der Waals surface area contributed by atoms with Crippen molar-refractivity contribution in [2.45, 2.75) is 13.2 Å². The highest BCUT2D eigenvalue weighted by molar-refractivity contribution is 9.10. The normalized spacial score (nSPS) is 13.4. The number of hydrogen-bond donors (Lipinski definition) is 0. The maximum Gasteiger partial charge on any atom is 0.123 e. The molecule has 1 aliphatic rings. The van der Waals surface area contributed by atoms with Crippen LogP contribution >= 0.6 is 31.9 Å². The molecule has 0 N–H and O–H groups in total. The van der Waals surface area contributed by atoms with Crippen molar-refractivity contribution in [2.75, 3.05) is 7.11 Å². The number of hydrogen-bond acceptors (Lipinski definition) is 1. The highest BCUT2D eigenvalue weighted by atomic mass is 79.9. The number of allylic oxidation sites excluding steroid dienone is 1. The third kappa shape index (κ3) is 2.69. The van der Waals surface area contributed by atoms with Gasteiger partial charge in [-0.1, -0.05) is 37.9 Å². The highest BCUT2D eigenvalue weighted by Gasteiger charge is 2.19. The van der Waals surface area contributed by atoms with Gasteiger partial charge in [0.05, 0.1) is 5.52 Å². The fourth-order valence-corrected chi connectivity index (χ4v) is 4.04. The molecule has 4 rings (SSSR count). The lowest BCUT2D eigenvalue weighted by atomic mass is 10.1. The van der Waals surface area contributed by atoms with Crippen LogP contribution in [0.5, 0.6) is 0 Å².